The number of thioether (sulfide) groups is 1. The van der Waals surface area contributed by atoms with Crippen LogP contribution in [0.15, 0.2) is 66.7 Å². The molecule has 0 saturated carbocycles. The SMILES string of the molecule is COc1ccc(NC(=O)N2CCS[C@@]23C(=O)N(Cc2ccccc2Cl)c2ccc(OC)cc23)cc1. The summed E-state index contributed by atoms with van der Waals surface area (Å²) in [5, 5.41) is 3.52. The summed E-state index contributed by atoms with van der Waals surface area (Å²) in [4.78, 5) is 29.8. The van der Waals surface area contributed by atoms with E-state index in [1.54, 1.807) is 54.4 Å². The zero-order valence-electron chi connectivity index (χ0n) is 19.3. The van der Waals surface area contributed by atoms with E-state index in [0.29, 0.717) is 41.1 Å². The number of rotatable bonds is 5. The van der Waals surface area contributed by atoms with Gasteiger partial charge in [-0.3, -0.25) is 9.69 Å². The molecule has 1 atom stereocenters. The van der Waals surface area contributed by atoms with Gasteiger partial charge in [0.05, 0.1) is 26.5 Å². The second kappa shape index (κ2) is 9.36. The molecule has 2 aliphatic rings. The fourth-order valence-electron chi connectivity index (χ4n) is 4.54. The van der Waals surface area contributed by atoms with E-state index in [9.17, 15) is 9.59 Å². The fraction of sp³-hybridized carbons (Fsp3) is 0.231. The number of carbonyl (C=O) groups excluding carboxylic acids is 2. The van der Waals surface area contributed by atoms with Gasteiger partial charge in [-0.15, -0.1) is 11.8 Å². The Morgan fingerprint density at radius 2 is 1.77 bits per heavy atom. The number of urea groups is 1. The van der Waals surface area contributed by atoms with Crippen LogP contribution in [0, 0.1) is 0 Å². The van der Waals surface area contributed by atoms with Crippen LogP contribution < -0.4 is 19.7 Å². The molecule has 0 radical (unpaired) electrons. The highest BCUT2D eigenvalue weighted by atomic mass is 35.5. The first-order valence-corrected chi connectivity index (χ1v) is 12.4. The number of anilines is 2. The zero-order chi connectivity index (χ0) is 24.6. The van der Waals surface area contributed by atoms with Crippen LogP contribution in [0.25, 0.3) is 0 Å². The summed E-state index contributed by atoms with van der Waals surface area (Å²) in [7, 11) is 3.17. The molecule has 0 bridgehead atoms. The van der Waals surface area contributed by atoms with Crippen molar-refractivity contribution >= 4 is 46.7 Å². The number of hydrogen-bond acceptors (Lipinski definition) is 5. The van der Waals surface area contributed by atoms with Crippen molar-refractivity contribution in [2.24, 2.45) is 0 Å². The van der Waals surface area contributed by atoms with E-state index < -0.39 is 4.87 Å². The molecule has 3 aromatic rings. The highest BCUT2D eigenvalue weighted by molar-refractivity contribution is 8.01. The molecular weight excluding hydrogens is 486 g/mol. The smallest absolute Gasteiger partial charge is 0.323 e. The number of benzene rings is 3. The van der Waals surface area contributed by atoms with Crippen molar-refractivity contribution in [1.82, 2.24) is 4.90 Å². The lowest BCUT2D eigenvalue weighted by atomic mass is 10.1. The fourth-order valence-corrected chi connectivity index (χ4v) is 6.19. The summed E-state index contributed by atoms with van der Waals surface area (Å²) in [6, 6.07) is 19.7. The van der Waals surface area contributed by atoms with Crippen molar-refractivity contribution in [3.05, 3.63) is 82.9 Å². The molecule has 0 aromatic heterocycles. The number of amides is 3. The number of fused-ring (bicyclic) bond motifs is 2. The molecule has 180 valence electrons. The van der Waals surface area contributed by atoms with Gasteiger partial charge in [0.25, 0.3) is 5.91 Å². The van der Waals surface area contributed by atoms with Crippen molar-refractivity contribution in [3.63, 3.8) is 0 Å². The molecule has 9 heteroatoms. The third-order valence-electron chi connectivity index (χ3n) is 6.27. The van der Waals surface area contributed by atoms with Crippen LogP contribution in [0.1, 0.15) is 11.1 Å². The summed E-state index contributed by atoms with van der Waals surface area (Å²) in [5.41, 5.74) is 2.93. The first-order valence-electron chi connectivity index (χ1n) is 11.1. The van der Waals surface area contributed by atoms with E-state index in [1.807, 2.05) is 36.4 Å². The van der Waals surface area contributed by atoms with Crippen LogP contribution in [-0.4, -0.2) is 43.4 Å². The molecule has 7 nitrogen and oxygen atoms in total. The van der Waals surface area contributed by atoms with E-state index in [4.69, 9.17) is 21.1 Å². The van der Waals surface area contributed by atoms with Crippen LogP contribution >= 0.6 is 23.4 Å². The lowest BCUT2D eigenvalue weighted by molar-refractivity contribution is -0.123. The number of nitrogens with zero attached hydrogens (tertiary/aromatic N) is 2. The van der Waals surface area contributed by atoms with Gasteiger partial charge in [0.1, 0.15) is 11.5 Å². The van der Waals surface area contributed by atoms with Gasteiger partial charge in [-0.25, -0.2) is 4.79 Å². The predicted molar refractivity (Wildman–Crippen MR) is 138 cm³/mol. The topological polar surface area (TPSA) is 71.1 Å². The summed E-state index contributed by atoms with van der Waals surface area (Å²) in [6.45, 7) is 0.725. The number of halogens is 1. The summed E-state index contributed by atoms with van der Waals surface area (Å²) in [6.07, 6.45) is 0. The van der Waals surface area contributed by atoms with Crippen molar-refractivity contribution in [3.8, 4) is 11.5 Å². The standard InChI is InChI=1S/C26H24ClN3O4S/c1-33-19-9-7-18(8-10-19)28-25(32)30-13-14-35-26(30)21-15-20(34-2)11-12-23(21)29(24(26)31)16-17-5-3-4-6-22(17)27/h3-12,15H,13-14,16H2,1-2H3,(H,28,32)/t26-/m0/s1. The molecule has 3 amide bonds. The van der Waals surface area contributed by atoms with Crippen LogP contribution in [-0.2, 0) is 16.2 Å². The molecule has 35 heavy (non-hydrogen) atoms. The number of methoxy groups -OCH3 is 2. The Hall–Kier alpha value is -3.36. The number of ether oxygens (including phenoxy) is 2. The molecule has 0 aliphatic carbocycles. The zero-order valence-corrected chi connectivity index (χ0v) is 20.9. The van der Waals surface area contributed by atoms with Gasteiger partial charge in [-0.2, -0.15) is 0 Å². The van der Waals surface area contributed by atoms with Crippen LogP contribution in [0.4, 0.5) is 16.2 Å². The summed E-state index contributed by atoms with van der Waals surface area (Å²) >= 11 is 7.88. The highest BCUT2D eigenvalue weighted by Crippen LogP contribution is 2.55. The Bertz CT molecular complexity index is 1290. The number of nitrogens with one attached hydrogen (secondary N) is 1. The van der Waals surface area contributed by atoms with Crippen molar-refractivity contribution in [2.45, 2.75) is 11.4 Å². The third-order valence-corrected chi connectivity index (χ3v) is 8.06. The average Bonchev–Trinajstić information content (AvgIpc) is 3.42. The molecule has 1 saturated heterocycles. The van der Waals surface area contributed by atoms with Crippen molar-refractivity contribution < 1.29 is 19.1 Å². The van der Waals surface area contributed by atoms with Crippen molar-refractivity contribution in [1.29, 1.82) is 0 Å². The second-order valence-corrected chi connectivity index (χ2v) is 9.86. The Morgan fingerprint density at radius 1 is 1.06 bits per heavy atom. The predicted octanol–water partition coefficient (Wildman–Crippen LogP) is 5.34. The maximum atomic E-state index is 14.1. The Labute approximate surface area is 212 Å². The van der Waals surface area contributed by atoms with Gasteiger partial charge in [-0.05, 0) is 54.1 Å². The minimum atomic E-state index is -1.19. The van der Waals surface area contributed by atoms with Gasteiger partial charge in [0.15, 0.2) is 4.87 Å². The Kier molecular flexibility index (Phi) is 6.25. The molecule has 1 fully saturated rings. The van der Waals surface area contributed by atoms with E-state index >= 15 is 0 Å². The summed E-state index contributed by atoms with van der Waals surface area (Å²) < 4.78 is 10.7. The minimum Gasteiger partial charge on any atom is -0.497 e. The number of hydrogen-bond donors (Lipinski definition) is 1. The summed E-state index contributed by atoms with van der Waals surface area (Å²) in [5.74, 6) is 1.77. The van der Waals surface area contributed by atoms with Gasteiger partial charge < -0.3 is 19.7 Å². The first-order chi connectivity index (χ1) is 17.0. The molecular formula is C26H24ClN3O4S. The second-order valence-electron chi connectivity index (χ2n) is 8.17. The number of carbonyl (C=O) groups is 2. The maximum absolute atomic E-state index is 14.1. The highest BCUT2D eigenvalue weighted by Gasteiger charge is 2.59. The van der Waals surface area contributed by atoms with E-state index in [1.165, 1.54) is 11.8 Å². The first kappa shape index (κ1) is 23.4. The Balaban J connectivity index is 1.53. The lowest BCUT2D eigenvalue weighted by Gasteiger charge is -2.33. The average molecular weight is 510 g/mol. The van der Waals surface area contributed by atoms with Crippen LogP contribution in [0.5, 0.6) is 11.5 Å². The minimum absolute atomic E-state index is 0.173. The van der Waals surface area contributed by atoms with Gasteiger partial charge in [0, 0.05) is 28.6 Å². The normalized spacial score (nSPS) is 18.7. The molecule has 0 unspecified atom stereocenters. The molecule has 5 rings (SSSR count). The van der Waals surface area contributed by atoms with E-state index in [0.717, 1.165) is 16.8 Å². The van der Waals surface area contributed by atoms with Crippen LogP contribution in [0.2, 0.25) is 5.02 Å². The largest absolute Gasteiger partial charge is 0.497 e. The van der Waals surface area contributed by atoms with E-state index in [-0.39, 0.29) is 11.9 Å². The molecule has 2 heterocycles. The maximum Gasteiger partial charge on any atom is 0.323 e. The lowest BCUT2D eigenvalue weighted by Crippen LogP contribution is -2.51. The van der Waals surface area contributed by atoms with E-state index in [2.05, 4.69) is 5.32 Å². The van der Waals surface area contributed by atoms with Gasteiger partial charge >= 0.3 is 6.03 Å². The third kappa shape index (κ3) is 3.96. The molecule has 3 aromatic carbocycles. The molecule has 2 aliphatic heterocycles. The Morgan fingerprint density at radius 3 is 2.49 bits per heavy atom. The molecule has 1 N–H and O–H groups in total. The molecule has 1 spiro atoms. The van der Waals surface area contributed by atoms with Crippen LogP contribution in [0.3, 0.4) is 0 Å². The van der Waals surface area contributed by atoms with Gasteiger partial charge in [0.2, 0.25) is 0 Å². The van der Waals surface area contributed by atoms with Gasteiger partial charge in [-0.1, -0.05) is 29.8 Å². The quantitative estimate of drug-likeness (QED) is 0.503. The monoisotopic (exact) mass is 509 g/mol. The van der Waals surface area contributed by atoms with Crippen molar-refractivity contribution in [2.75, 3.05) is 36.7 Å².